The van der Waals surface area contributed by atoms with Crippen LogP contribution in [0.5, 0.6) is 11.5 Å². The molecule has 12 bridgehead atoms. The van der Waals surface area contributed by atoms with Gasteiger partial charge in [0.1, 0.15) is 24.2 Å². The van der Waals surface area contributed by atoms with Crippen molar-refractivity contribution >= 4 is 23.3 Å². The standard InChI is InChI=1S/C43H38N6O4/c1-2-22-51-35-13-7-10-32(26-35)39-17-19-44-42(48-39)46-34-12-6-9-31(25-34)29-53-41(14-1)37-16-15-36-27-38(37)40-18-20-45-43(49-40)47-33-11-5-8-30(24-33)28-50-21-3-4-23-52-36/h1,3-20,24-27,41H,2,21-23,28-29H2,(H,44,46,48)(H,45,47,49)/b4-3+,14-1+. The average Bonchev–Trinajstić information content (AvgIpc) is 3.19. The van der Waals surface area contributed by atoms with E-state index in [0.717, 1.165) is 56.3 Å². The third kappa shape index (κ3) is 8.75. The van der Waals surface area contributed by atoms with E-state index in [9.17, 15) is 0 Å². The highest BCUT2D eigenvalue weighted by molar-refractivity contribution is 5.69. The van der Waals surface area contributed by atoms with E-state index in [2.05, 4.69) is 44.9 Å². The molecule has 1 unspecified atom stereocenters. The van der Waals surface area contributed by atoms with E-state index >= 15 is 0 Å². The largest absolute Gasteiger partial charge is 0.493 e. The normalized spacial score (nSPS) is 17.2. The lowest BCUT2D eigenvalue weighted by Crippen LogP contribution is -2.07. The molecule has 0 saturated carbocycles. The number of anilines is 4. The maximum atomic E-state index is 6.74. The van der Waals surface area contributed by atoms with Crippen molar-refractivity contribution in [2.24, 2.45) is 0 Å². The monoisotopic (exact) mass is 702 g/mol. The van der Waals surface area contributed by atoms with E-state index in [1.165, 1.54) is 0 Å². The summed E-state index contributed by atoms with van der Waals surface area (Å²) in [5, 5.41) is 6.73. The number of rotatable bonds is 1. The van der Waals surface area contributed by atoms with Crippen LogP contribution in [0.15, 0.2) is 140 Å². The van der Waals surface area contributed by atoms with Gasteiger partial charge in [-0.1, -0.05) is 60.7 Å². The molecule has 53 heavy (non-hydrogen) atoms. The summed E-state index contributed by atoms with van der Waals surface area (Å²) in [6.07, 6.45) is 11.9. The zero-order chi connectivity index (χ0) is 35.7. The summed E-state index contributed by atoms with van der Waals surface area (Å²) >= 11 is 0. The lowest BCUT2D eigenvalue weighted by Gasteiger charge is -2.20. The average molecular weight is 703 g/mol. The molecule has 2 aromatic heterocycles. The van der Waals surface area contributed by atoms with Crippen molar-refractivity contribution in [3.63, 3.8) is 0 Å². The van der Waals surface area contributed by atoms with Crippen LogP contribution in [-0.2, 0) is 22.7 Å². The van der Waals surface area contributed by atoms with Gasteiger partial charge in [0.25, 0.3) is 0 Å². The van der Waals surface area contributed by atoms with Crippen LogP contribution in [0.3, 0.4) is 0 Å². The third-order valence-corrected chi connectivity index (χ3v) is 8.70. The van der Waals surface area contributed by atoms with Gasteiger partial charge < -0.3 is 29.6 Å². The number of nitrogens with zero attached hydrogens (tertiary/aromatic N) is 4. The maximum absolute atomic E-state index is 6.74. The first kappa shape index (κ1) is 33.8. The fourth-order valence-electron chi connectivity index (χ4n) is 6.15. The second-order valence-corrected chi connectivity index (χ2v) is 12.6. The minimum atomic E-state index is -0.424. The van der Waals surface area contributed by atoms with Gasteiger partial charge in [0.05, 0.1) is 37.8 Å². The van der Waals surface area contributed by atoms with Crippen LogP contribution in [-0.4, -0.2) is 39.8 Å². The van der Waals surface area contributed by atoms with Crippen LogP contribution < -0.4 is 20.1 Å². The fourth-order valence-corrected chi connectivity index (χ4v) is 6.15. The zero-order valence-electron chi connectivity index (χ0n) is 29.0. The Bertz CT molecular complexity index is 2260. The van der Waals surface area contributed by atoms with E-state index in [1.807, 2.05) is 103 Å². The Kier molecular flexibility index (Phi) is 10.4. The van der Waals surface area contributed by atoms with Crippen LogP contribution in [0.25, 0.3) is 22.5 Å². The molecule has 2 aliphatic rings. The van der Waals surface area contributed by atoms with Crippen LogP contribution in [0.4, 0.5) is 23.3 Å². The molecular weight excluding hydrogens is 665 g/mol. The number of hydrogen-bond acceptors (Lipinski definition) is 10. The predicted molar refractivity (Wildman–Crippen MR) is 205 cm³/mol. The van der Waals surface area contributed by atoms with Gasteiger partial charge in [-0.25, -0.2) is 19.9 Å². The van der Waals surface area contributed by atoms with Crippen LogP contribution in [0.2, 0.25) is 0 Å². The summed E-state index contributed by atoms with van der Waals surface area (Å²) in [7, 11) is 0. The highest BCUT2D eigenvalue weighted by Crippen LogP contribution is 2.35. The molecule has 6 aromatic rings. The van der Waals surface area contributed by atoms with Crippen LogP contribution >= 0.6 is 0 Å². The molecule has 0 aliphatic carbocycles. The second-order valence-electron chi connectivity index (χ2n) is 12.6. The number of fused-ring (bicyclic) bond motifs is 14. The molecule has 4 heterocycles. The molecule has 4 aromatic carbocycles. The van der Waals surface area contributed by atoms with Gasteiger partial charge in [0, 0.05) is 34.9 Å². The van der Waals surface area contributed by atoms with Crippen LogP contribution in [0, 0.1) is 0 Å². The molecule has 10 heteroatoms. The zero-order valence-corrected chi connectivity index (χ0v) is 29.0. The summed E-state index contributed by atoms with van der Waals surface area (Å²) in [6.45, 7) is 2.22. The Morgan fingerprint density at radius 1 is 0.604 bits per heavy atom. The van der Waals surface area contributed by atoms with Crippen molar-refractivity contribution in [2.75, 3.05) is 30.5 Å². The lowest BCUT2D eigenvalue weighted by atomic mass is 9.98. The number of benzene rings is 4. The lowest BCUT2D eigenvalue weighted by molar-refractivity contribution is 0.0719. The number of aromatic nitrogens is 4. The van der Waals surface area contributed by atoms with E-state index in [4.69, 9.17) is 28.9 Å². The van der Waals surface area contributed by atoms with Gasteiger partial charge in [-0.05, 0) is 89.9 Å². The summed E-state index contributed by atoms with van der Waals surface area (Å²) in [5.74, 6) is 2.46. The molecule has 1 atom stereocenters. The molecule has 0 radical (unpaired) electrons. The molecule has 0 fully saturated rings. The molecular formula is C43H38N6O4. The smallest absolute Gasteiger partial charge is 0.227 e. The minimum Gasteiger partial charge on any atom is -0.493 e. The number of hydrogen-bond donors (Lipinski definition) is 2. The quantitative estimate of drug-likeness (QED) is 0.161. The Labute approximate surface area is 308 Å². The summed E-state index contributed by atoms with van der Waals surface area (Å²) < 4.78 is 24.9. The van der Waals surface area contributed by atoms with Crippen molar-refractivity contribution < 1.29 is 18.9 Å². The highest BCUT2D eigenvalue weighted by atomic mass is 16.5. The first-order valence-electron chi connectivity index (χ1n) is 17.6. The van der Waals surface area contributed by atoms with Gasteiger partial charge in [0.15, 0.2) is 0 Å². The Morgan fingerprint density at radius 2 is 1.32 bits per heavy atom. The highest BCUT2D eigenvalue weighted by Gasteiger charge is 2.19. The molecule has 2 aliphatic heterocycles. The van der Waals surface area contributed by atoms with Crippen molar-refractivity contribution in [3.8, 4) is 34.0 Å². The maximum Gasteiger partial charge on any atom is 0.227 e. The summed E-state index contributed by atoms with van der Waals surface area (Å²) in [4.78, 5) is 18.7. The van der Waals surface area contributed by atoms with Crippen molar-refractivity contribution in [1.82, 2.24) is 19.9 Å². The molecule has 0 spiro atoms. The molecule has 264 valence electrons. The first-order valence-corrected chi connectivity index (χ1v) is 17.6. The molecule has 0 saturated heterocycles. The predicted octanol–water partition coefficient (Wildman–Crippen LogP) is 9.15. The molecule has 2 N–H and O–H groups in total. The van der Waals surface area contributed by atoms with E-state index in [0.29, 0.717) is 57.1 Å². The SMILES string of the molecule is C1=C/C(c2ccc3cc2-c2ccnc(n2)Nc2cccc(c2)COC/C=C/CO3)OCc2cccc(c2)Nc2nccc(n2)-c2cccc(c2)OCC/1. The van der Waals surface area contributed by atoms with Gasteiger partial charge in [-0.2, -0.15) is 0 Å². The van der Waals surface area contributed by atoms with E-state index in [1.54, 1.807) is 12.4 Å². The third-order valence-electron chi connectivity index (χ3n) is 8.70. The fraction of sp³-hybridized carbons (Fsp3) is 0.163. The summed E-state index contributed by atoms with van der Waals surface area (Å²) in [5.41, 5.74) is 8.07. The van der Waals surface area contributed by atoms with Crippen molar-refractivity contribution in [2.45, 2.75) is 25.7 Å². The first-order chi connectivity index (χ1) is 26.2. The second kappa shape index (κ2) is 16.3. The summed E-state index contributed by atoms with van der Waals surface area (Å²) in [6, 6.07) is 33.9. The molecule has 8 rings (SSSR count). The van der Waals surface area contributed by atoms with E-state index in [-0.39, 0.29) is 0 Å². The Morgan fingerprint density at radius 3 is 2.15 bits per heavy atom. The van der Waals surface area contributed by atoms with Gasteiger partial charge in [0.2, 0.25) is 11.9 Å². The van der Waals surface area contributed by atoms with Gasteiger partial charge in [-0.3, -0.25) is 0 Å². The number of nitrogens with one attached hydrogen (secondary N) is 2. The van der Waals surface area contributed by atoms with Gasteiger partial charge >= 0.3 is 0 Å². The van der Waals surface area contributed by atoms with Crippen LogP contribution in [0.1, 0.15) is 29.2 Å². The van der Waals surface area contributed by atoms with E-state index < -0.39 is 6.10 Å². The minimum absolute atomic E-state index is 0.351. The Hall–Kier alpha value is -6.36. The topological polar surface area (TPSA) is 113 Å². The van der Waals surface area contributed by atoms with Gasteiger partial charge in [-0.15, -0.1) is 0 Å². The molecule has 10 nitrogen and oxygen atoms in total. The Balaban J connectivity index is 1.15. The van der Waals surface area contributed by atoms with Crippen molar-refractivity contribution in [1.29, 1.82) is 0 Å². The number of ether oxygens (including phenoxy) is 4. The van der Waals surface area contributed by atoms with Crippen molar-refractivity contribution in [3.05, 3.63) is 157 Å². The molecule has 0 amide bonds.